The molecule has 0 bridgehead atoms. The fraction of sp³-hybridized carbons (Fsp3) is 0.188. The van der Waals surface area contributed by atoms with E-state index in [4.69, 9.17) is 0 Å². The van der Waals surface area contributed by atoms with Gasteiger partial charge in [-0.15, -0.1) is 0 Å². The topological polar surface area (TPSA) is 269 Å². The molecule has 4 atom stereocenters. The summed E-state index contributed by atoms with van der Waals surface area (Å²) in [6.07, 6.45) is -1.13. The van der Waals surface area contributed by atoms with Crippen molar-refractivity contribution in [2.45, 2.75) is 45.8 Å². The van der Waals surface area contributed by atoms with Crippen molar-refractivity contribution in [2.24, 2.45) is 20.5 Å². The monoisotopic (exact) mass is 774 g/mol. The van der Waals surface area contributed by atoms with E-state index >= 15 is 0 Å². The Morgan fingerprint density at radius 3 is 1.22 bits per heavy atom. The molecule has 2 amide bonds. The average molecular weight is 775 g/mol. The standard InChI is InChI=1S/C32H26N10O10S2/c43-29-31(37-33-21-11-15-23(16-12-21)41(45)46)20-28-32(38-34-22-13-17-24(18-14-22)42(47)48,30(44)40(36-28)54(51,52)26-9-5-2-6-10-26)19-27(31)35-39(29)53(49,50)25-7-3-1-4-8-25/h1-18,27-28,35-36H,19-20H2. The SMILES string of the molecule is O=C1N(S(=O)(=O)c2ccccc2)NC2CC3(N=Nc4ccc([N+](=O)[O-])cc4)C(=O)N(S(=O)(=O)c4ccccc4)NC3CC12N=Nc1ccc([N+](=O)[O-])cc1. The first-order valence-corrected chi connectivity index (χ1v) is 18.7. The first kappa shape index (κ1) is 36.0. The maximum Gasteiger partial charge on any atom is 0.282 e. The highest BCUT2D eigenvalue weighted by atomic mass is 32.2. The average Bonchev–Trinajstić information content (AvgIpc) is 3.62. The molecule has 1 aliphatic carbocycles. The van der Waals surface area contributed by atoms with Crippen LogP contribution in [-0.4, -0.2) is 70.5 Å². The van der Waals surface area contributed by atoms with Gasteiger partial charge in [-0.1, -0.05) is 36.4 Å². The number of sulfonamides is 2. The summed E-state index contributed by atoms with van der Waals surface area (Å²) in [7, 11) is -9.20. The zero-order chi connectivity index (χ0) is 38.5. The van der Waals surface area contributed by atoms with Crippen LogP contribution in [0.3, 0.4) is 0 Å². The summed E-state index contributed by atoms with van der Waals surface area (Å²) in [6.45, 7) is 0. The summed E-state index contributed by atoms with van der Waals surface area (Å²) >= 11 is 0. The quantitative estimate of drug-likeness (QED) is 0.132. The van der Waals surface area contributed by atoms with Gasteiger partial charge in [0.2, 0.25) is 0 Å². The van der Waals surface area contributed by atoms with E-state index in [1.807, 2.05) is 0 Å². The molecule has 3 aliphatic rings. The van der Waals surface area contributed by atoms with Crippen LogP contribution in [0.4, 0.5) is 22.7 Å². The van der Waals surface area contributed by atoms with Crippen molar-refractivity contribution in [1.29, 1.82) is 0 Å². The molecule has 2 aliphatic heterocycles. The number of carbonyl (C=O) groups excluding carboxylic acids is 2. The number of azo groups is 2. The molecule has 1 saturated carbocycles. The Bertz CT molecular complexity index is 2280. The fourth-order valence-corrected chi connectivity index (χ4v) is 9.12. The highest BCUT2D eigenvalue weighted by molar-refractivity contribution is 7.90. The number of nitro benzene ring substituents is 2. The van der Waals surface area contributed by atoms with Gasteiger partial charge in [-0.05, 0) is 48.5 Å². The smallest absolute Gasteiger partial charge is 0.269 e. The van der Waals surface area contributed by atoms with Crippen LogP contribution in [0.5, 0.6) is 0 Å². The second kappa shape index (κ2) is 13.2. The third kappa shape index (κ3) is 5.95. The Morgan fingerprint density at radius 1 is 0.574 bits per heavy atom. The molecular weight excluding hydrogens is 749 g/mol. The van der Waals surface area contributed by atoms with Gasteiger partial charge >= 0.3 is 0 Å². The first-order valence-electron chi connectivity index (χ1n) is 15.9. The molecule has 3 fully saturated rings. The number of nitro groups is 2. The van der Waals surface area contributed by atoms with Crippen molar-refractivity contribution in [2.75, 3.05) is 0 Å². The van der Waals surface area contributed by atoms with Crippen LogP contribution in [0.2, 0.25) is 0 Å². The number of hydrazine groups is 2. The number of carbonyl (C=O) groups is 2. The number of amides is 2. The molecular formula is C32H26N10O10S2. The zero-order valence-electron chi connectivity index (χ0n) is 27.4. The number of non-ortho nitro benzene ring substituents is 2. The first-order chi connectivity index (χ1) is 25.7. The maximum absolute atomic E-state index is 14.5. The van der Waals surface area contributed by atoms with Crippen LogP contribution in [-0.2, 0) is 29.6 Å². The van der Waals surface area contributed by atoms with Crippen molar-refractivity contribution < 1.29 is 36.3 Å². The summed E-state index contributed by atoms with van der Waals surface area (Å²) < 4.78 is 56.3. The van der Waals surface area contributed by atoms with Gasteiger partial charge in [0, 0.05) is 37.1 Å². The molecule has 0 spiro atoms. The van der Waals surface area contributed by atoms with E-state index in [9.17, 15) is 46.7 Å². The Labute approximate surface area is 305 Å². The largest absolute Gasteiger partial charge is 0.282 e. The second-order valence-corrected chi connectivity index (χ2v) is 15.9. The van der Waals surface area contributed by atoms with Gasteiger partial charge in [-0.3, -0.25) is 29.8 Å². The fourth-order valence-electron chi connectivity index (χ4n) is 6.41. The van der Waals surface area contributed by atoms with Gasteiger partial charge in [0.1, 0.15) is 0 Å². The zero-order valence-corrected chi connectivity index (χ0v) is 29.1. The minimum Gasteiger partial charge on any atom is -0.269 e. The van der Waals surface area contributed by atoms with Crippen molar-refractivity contribution in [3.05, 3.63) is 129 Å². The normalized spacial score (nSPS) is 24.2. The number of fused-ring (bicyclic) bond motifs is 2. The lowest BCUT2D eigenvalue weighted by atomic mass is 9.67. The summed E-state index contributed by atoms with van der Waals surface area (Å²) in [4.78, 5) is 49.6. The molecule has 276 valence electrons. The lowest BCUT2D eigenvalue weighted by Gasteiger charge is -2.40. The van der Waals surface area contributed by atoms with Crippen LogP contribution in [0.1, 0.15) is 12.8 Å². The molecule has 4 unspecified atom stereocenters. The minimum absolute atomic E-state index is 0.0596. The molecule has 2 N–H and O–H groups in total. The van der Waals surface area contributed by atoms with E-state index in [1.165, 1.54) is 72.8 Å². The van der Waals surface area contributed by atoms with Crippen molar-refractivity contribution in [1.82, 2.24) is 19.7 Å². The lowest BCUT2D eigenvalue weighted by molar-refractivity contribution is -0.385. The van der Waals surface area contributed by atoms with Crippen LogP contribution < -0.4 is 10.9 Å². The molecule has 0 aromatic heterocycles. The van der Waals surface area contributed by atoms with Crippen LogP contribution in [0.25, 0.3) is 0 Å². The number of nitrogens with zero attached hydrogens (tertiary/aromatic N) is 8. The van der Waals surface area contributed by atoms with Crippen molar-refractivity contribution in [3.8, 4) is 0 Å². The van der Waals surface area contributed by atoms with Crippen LogP contribution >= 0.6 is 0 Å². The lowest BCUT2D eigenvalue weighted by Crippen LogP contribution is -2.62. The Balaban J connectivity index is 1.35. The molecule has 2 heterocycles. The molecule has 7 rings (SSSR count). The number of rotatable bonds is 10. The number of nitrogens with one attached hydrogen (secondary N) is 2. The summed E-state index contributed by atoms with van der Waals surface area (Å²) in [5.74, 6) is -2.22. The highest BCUT2D eigenvalue weighted by Gasteiger charge is 2.72. The third-order valence-corrected chi connectivity index (χ3v) is 12.5. The Hall–Kier alpha value is -6.36. The Kier molecular flexibility index (Phi) is 8.84. The van der Waals surface area contributed by atoms with Gasteiger partial charge in [-0.2, -0.15) is 46.1 Å². The summed E-state index contributed by atoms with van der Waals surface area (Å²) in [5, 5.41) is 39.4. The maximum atomic E-state index is 14.5. The van der Waals surface area contributed by atoms with Gasteiger partial charge in [-0.25, -0.2) is 10.9 Å². The molecule has 22 heteroatoms. The van der Waals surface area contributed by atoms with Crippen LogP contribution in [0, 0.1) is 20.2 Å². The predicted octanol–water partition coefficient (Wildman–Crippen LogP) is 3.85. The molecule has 0 radical (unpaired) electrons. The summed E-state index contributed by atoms with van der Waals surface area (Å²) in [5.41, 5.74) is 0.710. The number of benzene rings is 4. The minimum atomic E-state index is -4.60. The van der Waals surface area contributed by atoms with Crippen LogP contribution in [0.15, 0.2) is 139 Å². The molecule has 54 heavy (non-hydrogen) atoms. The van der Waals surface area contributed by atoms with Gasteiger partial charge in [0.25, 0.3) is 43.2 Å². The van der Waals surface area contributed by atoms with E-state index in [1.54, 1.807) is 12.1 Å². The molecule has 4 aromatic rings. The highest BCUT2D eigenvalue weighted by Crippen LogP contribution is 2.49. The number of hydrogen-bond donors (Lipinski definition) is 2. The van der Waals surface area contributed by atoms with Crippen molar-refractivity contribution in [3.63, 3.8) is 0 Å². The second-order valence-electron chi connectivity index (χ2n) is 12.3. The van der Waals surface area contributed by atoms with E-state index < -0.39 is 77.7 Å². The van der Waals surface area contributed by atoms with Crippen molar-refractivity contribution >= 4 is 54.6 Å². The molecule has 4 aromatic carbocycles. The van der Waals surface area contributed by atoms with E-state index in [0.29, 0.717) is 8.83 Å². The predicted molar refractivity (Wildman–Crippen MR) is 185 cm³/mol. The third-order valence-electron chi connectivity index (χ3n) is 9.21. The van der Waals surface area contributed by atoms with E-state index in [0.717, 1.165) is 24.3 Å². The molecule has 2 saturated heterocycles. The number of hydrogen-bond acceptors (Lipinski definition) is 16. The summed E-state index contributed by atoms with van der Waals surface area (Å²) in [6, 6.07) is 20.9. The van der Waals surface area contributed by atoms with E-state index in [-0.39, 0.29) is 32.5 Å². The van der Waals surface area contributed by atoms with Gasteiger partial charge in [0.15, 0.2) is 11.1 Å². The molecule has 20 nitrogen and oxygen atoms in total. The Morgan fingerprint density at radius 2 is 0.907 bits per heavy atom. The van der Waals surface area contributed by atoms with Gasteiger partial charge in [0.05, 0.1) is 43.1 Å². The van der Waals surface area contributed by atoms with E-state index in [2.05, 4.69) is 31.3 Å². The van der Waals surface area contributed by atoms with Gasteiger partial charge < -0.3 is 0 Å².